The van der Waals surface area contributed by atoms with Gasteiger partial charge in [-0.3, -0.25) is 4.79 Å². The zero-order valence-electron chi connectivity index (χ0n) is 17.2. The van der Waals surface area contributed by atoms with Gasteiger partial charge in [-0.1, -0.05) is 31.3 Å². The molecule has 0 spiro atoms. The first kappa shape index (κ1) is 21.5. The van der Waals surface area contributed by atoms with Crippen LogP contribution in [-0.4, -0.2) is 47.9 Å². The van der Waals surface area contributed by atoms with E-state index < -0.39 is 10.0 Å². The number of sulfonamides is 1. The van der Waals surface area contributed by atoms with Gasteiger partial charge in [0.1, 0.15) is 4.21 Å². The van der Waals surface area contributed by atoms with Crippen LogP contribution in [0.2, 0.25) is 0 Å². The summed E-state index contributed by atoms with van der Waals surface area (Å²) in [6.07, 6.45) is 7.45. The monoisotopic (exact) mass is 452 g/mol. The van der Waals surface area contributed by atoms with Crippen LogP contribution in [0.5, 0.6) is 0 Å². The minimum absolute atomic E-state index is 0.0844. The van der Waals surface area contributed by atoms with Gasteiger partial charge in [-0.25, -0.2) is 8.42 Å². The highest BCUT2D eigenvalue weighted by atomic mass is 32.2. The molecule has 0 radical (unpaired) electrons. The number of hydrogen-bond donors (Lipinski definition) is 1. The number of hydrogen-bond acceptors (Lipinski definition) is 7. The number of carbonyl (C=O) groups excluding carboxylic acids is 1. The highest BCUT2D eigenvalue weighted by Crippen LogP contribution is 2.31. The fourth-order valence-corrected chi connectivity index (χ4v) is 6.92. The van der Waals surface area contributed by atoms with Gasteiger partial charge in [-0.2, -0.15) is 9.29 Å². The molecule has 8 nitrogen and oxygen atoms in total. The number of nitrogens with zero attached hydrogens (tertiary/aromatic N) is 3. The van der Waals surface area contributed by atoms with Crippen molar-refractivity contribution >= 4 is 27.3 Å². The molecule has 1 saturated heterocycles. The van der Waals surface area contributed by atoms with Crippen LogP contribution in [0.15, 0.2) is 20.2 Å². The molecule has 2 aliphatic rings. The van der Waals surface area contributed by atoms with Gasteiger partial charge in [0.2, 0.25) is 17.6 Å². The molecule has 1 aliphatic heterocycles. The SMILES string of the molecule is CCc1nc(-c2csc(S(=O)(=O)N3CCC(C(=O)NC4CCCCC4)CC3)c2)no1. The number of thiophene rings is 1. The van der Waals surface area contributed by atoms with Crippen molar-refractivity contribution in [1.82, 2.24) is 19.8 Å². The Morgan fingerprint density at radius 3 is 2.63 bits per heavy atom. The molecule has 4 rings (SSSR count). The number of aryl methyl sites for hydroxylation is 1. The molecule has 2 aromatic rings. The van der Waals surface area contributed by atoms with Crippen molar-refractivity contribution in [3.63, 3.8) is 0 Å². The molecular weight excluding hydrogens is 424 g/mol. The summed E-state index contributed by atoms with van der Waals surface area (Å²) in [7, 11) is -3.59. The molecule has 1 N–H and O–H groups in total. The Hall–Kier alpha value is -1.78. The third kappa shape index (κ3) is 4.60. The summed E-state index contributed by atoms with van der Waals surface area (Å²) >= 11 is 1.16. The lowest BCUT2D eigenvalue weighted by atomic mass is 9.93. The highest BCUT2D eigenvalue weighted by molar-refractivity contribution is 7.91. The van der Waals surface area contributed by atoms with Gasteiger partial charge in [0.05, 0.1) is 0 Å². The summed E-state index contributed by atoms with van der Waals surface area (Å²) in [4.78, 5) is 16.8. The van der Waals surface area contributed by atoms with Gasteiger partial charge in [0, 0.05) is 42.4 Å². The predicted molar refractivity (Wildman–Crippen MR) is 113 cm³/mol. The van der Waals surface area contributed by atoms with Crippen molar-refractivity contribution in [3.8, 4) is 11.4 Å². The Morgan fingerprint density at radius 1 is 1.23 bits per heavy atom. The molecule has 2 fully saturated rings. The molecule has 0 atom stereocenters. The van der Waals surface area contributed by atoms with Crippen molar-refractivity contribution < 1.29 is 17.7 Å². The maximum Gasteiger partial charge on any atom is 0.252 e. The molecule has 3 heterocycles. The number of amides is 1. The summed E-state index contributed by atoms with van der Waals surface area (Å²) in [5.74, 6) is 0.905. The molecule has 1 saturated carbocycles. The maximum atomic E-state index is 13.1. The molecule has 164 valence electrons. The van der Waals surface area contributed by atoms with E-state index in [2.05, 4.69) is 15.5 Å². The number of carbonyl (C=O) groups is 1. The number of nitrogens with one attached hydrogen (secondary N) is 1. The Balaban J connectivity index is 1.36. The Kier molecular flexibility index (Phi) is 6.54. The van der Waals surface area contributed by atoms with E-state index in [9.17, 15) is 13.2 Å². The van der Waals surface area contributed by atoms with Gasteiger partial charge in [0.25, 0.3) is 10.0 Å². The highest BCUT2D eigenvalue weighted by Gasteiger charge is 2.33. The van der Waals surface area contributed by atoms with E-state index in [-0.39, 0.29) is 22.1 Å². The fraction of sp³-hybridized carbons (Fsp3) is 0.650. The standard InChI is InChI=1S/C20H28N4O4S2/c1-2-17-22-19(23-28-17)15-12-18(29-13-15)30(26,27)24-10-8-14(9-11-24)20(25)21-16-6-4-3-5-7-16/h12-14,16H,2-11H2,1H3,(H,21,25). The average molecular weight is 453 g/mol. The van der Waals surface area contributed by atoms with Crippen LogP contribution in [0.4, 0.5) is 0 Å². The number of rotatable bonds is 6. The smallest absolute Gasteiger partial charge is 0.252 e. The summed E-state index contributed by atoms with van der Waals surface area (Å²) in [6.45, 7) is 2.64. The second-order valence-electron chi connectivity index (χ2n) is 8.04. The van der Waals surface area contributed by atoms with E-state index in [4.69, 9.17) is 4.52 Å². The first-order valence-corrected chi connectivity index (χ1v) is 13.0. The third-order valence-corrected chi connectivity index (χ3v) is 9.29. The molecule has 10 heteroatoms. The van der Waals surface area contributed by atoms with Crippen LogP contribution in [0.3, 0.4) is 0 Å². The Morgan fingerprint density at radius 2 is 1.97 bits per heavy atom. The quantitative estimate of drug-likeness (QED) is 0.721. The van der Waals surface area contributed by atoms with Crippen LogP contribution in [-0.2, 0) is 21.2 Å². The molecule has 0 aromatic carbocycles. The minimum Gasteiger partial charge on any atom is -0.353 e. The summed E-state index contributed by atoms with van der Waals surface area (Å²) < 4.78 is 33.0. The molecule has 0 bridgehead atoms. The third-order valence-electron chi connectivity index (χ3n) is 5.97. The van der Waals surface area contributed by atoms with Gasteiger partial charge in [-0.15, -0.1) is 11.3 Å². The molecule has 30 heavy (non-hydrogen) atoms. The van der Waals surface area contributed by atoms with Crippen molar-refractivity contribution in [1.29, 1.82) is 0 Å². The lowest BCUT2D eigenvalue weighted by molar-refractivity contribution is -0.127. The molecule has 0 unspecified atom stereocenters. The minimum atomic E-state index is -3.59. The van der Waals surface area contributed by atoms with Crippen molar-refractivity contribution in [2.75, 3.05) is 13.1 Å². The van der Waals surface area contributed by atoms with E-state index in [1.807, 2.05) is 6.92 Å². The topological polar surface area (TPSA) is 105 Å². The number of piperidine rings is 1. The average Bonchev–Trinajstić information content (AvgIpc) is 3.44. The van der Waals surface area contributed by atoms with Crippen molar-refractivity contribution in [2.24, 2.45) is 5.92 Å². The molecule has 2 aromatic heterocycles. The summed E-state index contributed by atoms with van der Waals surface area (Å²) in [5, 5.41) is 8.82. The van der Waals surface area contributed by atoms with Gasteiger partial charge in [0.15, 0.2) is 0 Å². The first-order chi connectivity index (χ1) is 14.5. The Bertz CT molecular complexity index is 971. The van der Waals surface area contributed by atoms with E-state index in [1.54, 1.807) is 11.4 Å². The second-order valence-corrected chi connectivity index (χ2v) is 11.1. The van der Waals surface area contributed by atoms with Crippen LogP contribution in [0.1, 0.15) is 57.8 Å². The van der Waals surface area contributed by atoms with E-state index in [0.717, 1.165) is 24.2 Å². The van der Waals surface area contributed by atoms with Crippen LogP contribution in [0, 0.1) is 5.92 Å². The maximum absolute atomic E-state index is 13.1. The number of aromatic nitrogens is 2. The predicted octanol–water partition coefficient (Wildman–Crippen LogP) is 3.21. The van der Waals surface area contributed by atoms with Crippen LogP contribution in [0.25, 0.3) is 11.4 Å². The van der Waals surface area contributed by atoms with E-state index in [0.29, 0.717) is 49.6 Å². The zero-order valence-corrected chi connectivity index (χ0v) is 18.8. The van der Waals surface area contributed by atoms with E-state index in [1.165, 1.54) is 23.6 Å². The zero-order chi connectivity index (χ0) is 21.1. The molecular formula is C20H28N4O4S2. The van der Waals surface area contributed by atoms with Gasteiger partial charge < -0.3 is 9.84 Å². The van der Waals surface area contributed by atoms with Gasteiger partial charge in [-0.05, 0) is 31.7 Å². The van der Waals surface area contributed by atoms with Gasteiger partial charge >= 0.3 is 0 Å². The summed E-state index contributed by atoms with van der Waals surface area (Å²) in [5.41, 5.74) is 0.642. The fourth-order valence-electron chi connectivity index (χ4n) is 4.14. The van der Waals surface area contributed by atoms with Crippen molar-refractivity contribution in [3.05, 3.63) is 17.3 Å². The van der Waals surface area contributed by atoms with Crippen LogP contribution < -0.4 is 5.32 Å². The van der Waals surface area contributed by atoms with E-state index >= 15 is 0 Å². The molecule has 1 aliphatic carbocycles. The van der Waals surface area contributed by atoms with Crippen LogP contribution >= 0.6 is 11.3 Å². The lowest BCUT2D eigenvalue weighted by Crippen LogP contribution is -2.45. The summed E-state index contributed by atoms with van der Waals surface area (Å²) in [6, 6.07) is 1.89. The normalized spacial score (nSPS) is 19.8. The lowest BCUT2D eigenvalue weighted by Gasteiger charge is -2.31. The second kappa shape index (κ2) is 9.15. The Labute approximate surface area is 181 Å². The van der Waals surface area contributed by atoms with Crippen molar-refractivity contribution in [2.45, 2.75) is 68.5 Å². The molecule has 1 amide bonds. The first-order valence-electron chi connectivity index (χ1n) is 10.7. The largest absolute Gasteiger partial charge is 0.353 e.